The predicted octanol–water partition coefficient (Wildman–Crippen LogP) is 3.56. The van der Waals surface area contributed by atoms with Crippen molar-refractivity contribution in [3.8, 4) is 0 Å². The molecule has 1 saturated heterocycles. The maximum atomic E-state index is 12.5. The largest absolute Gasteiger partial charge is 0.444 e. The van der Waals surface area contributed by atoms with E-state index in [1.54, 1.807) is 0 Å². The minimum absolute atomic E-state index is 0.000800. The monoisotopic (exact) mass is 416 g/mol. The van der Waals surface area contributed by atoms with E-state index in [9.17, 15) is 4.79 Å². The third-order valence-corrected chi connectivity index (χ3v) is 4.46. The van der Waals surface area contributed by atoms with Gasteiger partial charge in [-0.1, -0.05) is 12.1 Å². The lowest BCUT2D eigenvalue weighted by Gasteiger charge is -2.40. The molecule has 2 N–H and O–H groups in total. The van der Waals surface area contributed by atoms with E-state index in [2.05, 4.69) is 40.8 Å². The summed E-state index contributed by atoms with van der Waals surface area (Å²) in [6.45, 7) is 6.40. The zero-order valence-corrected chi connectivity index (χ0v) is 15.7. The molecule has 1 aromatic rings. The molecule has 0 unspecified atom stereocenters. The van der Waals surface area contributed by atoms with Crippen LogP contribution in [0, 0.1) is 3.57 Å². The van der Waals surface area contributed by atoms with Gasteiger partial charge in [0.05, 0.1) is 6.04 Å². The van der Waals surface area contributed by atoms with Crippen molar-refractivity contribution < 1.29 is 9.53 Å². The molecule has 0 saturated carbocycles. The molecule has 22 heavy (non-hydrogen) atoms. The quantitative estimate of drug-likeness (QED) is 0.751. The second-order valence-electron chi connectivity index (χ2n) is 6.88. The van der Waals surface area contributed by atoms with Crippen LogP contribution in [-0.4, -0.2) is 35.2 Å². The van der Waals surface area contributed by atoms with Crippen LogP contribution in [0.2, 0.25) is 0 Å². The molecule has 0 aromatic heterocycles. The van der Waals surface area contributed by atoms with E-state index < -0.39 is 5.60 Å². The third-order valence-electron chi connectivity index (χ3n) is 3.79. The molecule has 1 heterocycles. The van der Waals surface area contributed by atoms with Gasteiger partial charge in [-0.3, -0.25) is 0 Å². The normalized spacial score (nSPS) is 22.5. The molecule has 1 aromatic carbocycles. The molecule has 1 aliphatic heterocycles. The summed E-state index contributed by atoms with van der Waals surface area (Å²) in [5.41, 5.74) is 7.04. The highest BCUT2D eigenvalue weighted by molar-refractivity contribution is 14.1. The Hall–Kier alpha value is -0.820. The zero-order chi connectivity index (χ0) is 16.3. The maximum Gasteiger partial charge on any atom is 0.410 e. The standard InChI is InChI=1S/C17H25IN2O2/c1-17(2,3)22-16(21)20-9-5-8-14(19)15(20)11-12-6-4-7-13(18)10-12/h4,6-7,10,14-15H,5,8-9,11,19H2,1-3H3/t14-,15-/m1/s1. The summed E-state index contributed by atoms with van der Waals surface area (Å²) in [5, 5.41) is 0. The van der Waals surface area contributed by atoms with Gasteiger partial charge < -0.3 is 15.4 Å². The predicted molar refractivity (Wildman–Crippen MR) is 96.8 cm³/mol. The number of benzene rings is 1. The van der Waals surface area contributed by atoms with Gasteiger partial charge in [-0.15, -0.1) is 0 Å². The number of hydrogen-bond acceptors (Lipinski definition) is 3. The highest BCUT2D eigenvalue weighted by Crippen LogP contribution is 2.23. The van der Waals surface area contributed by atoms with E-state index in [-0.39, 0.29) is 18.2 Å². The summed E-state index contributed by atoms with van der Waals surface area (Å²) >= 11 is 2.30. The third kappa shape index (κ3) is 4.84. The molecular weight excluding hydrogens is 391 g/mol. The fraction of sp³-hybridized carbons (Fsp3) is 0.588. The number of rotatable bonds is 2. The van der Waals surface area contributed by atoms with Crippen LogP contribution >= 0.6 is 22.6 Å². The number of likely N-dealkylation sites (tertiary alicyclic amines) is 1. The Kier molecular flexibility index (Phi) is 5.71. The second kappa shape index (κ2) is 7.17. The molecule has 0 spiro atoms. The first-order chi connectivity index (χ1) is 10.3. The molecule has 2 rings (SSSR count). The van der Waals surface area contributed by atoms with Gasteiger partial charge in [-0.25, -0.2) is 4.79 Å². The minimum Gasteiger partial charge on any atom is -0.444 e. The molecule has 1 fully saturated rings. The summed E-state index contributed by atoms with van der Waals surface area (Å²) < 4.78 is 6.74. The van der Waals surface area contributed by atoms with Crippen molar-refractivity contribution >= 4 is 28.7 Å². The Morgan fingerprint density at radius 2 is 2.18 bits per heavy atom. The van der Waals surface area contributed by atoms with Crippen LogP contribution in [0.4, 0.5) is 4.79 Å². The van der Waals surface area contributed by atoms with E-state index in [0.29, 0.717) is 0 Å². The van der Waals surface area contributed by atoms with Crippen molar-refractivity contribution in [1.82, 2.24) is 4.90 Å². The number of nitrogens with two attached hydrogens (primary N) is 1. The summed E-state index contributed by atoms with van der Waals surface area (Å²) in [6.07, 6.45) is 2.41. The molecule has 4 nitrogen and oxygen atoms in total. The molecular formula is C17H25IN2O2. The number of amides is 1. The summed E-state index contributed by atoms with van der Waals surface area (Å²) in [5.74, 6) is 0. The molecule has 122 valence electrons. The van der Waals surface area contributed by atoms with Crippen molar-refractivity contribution in [2.75, 3.05) is 6.54 Å². The number of nitrogens with zero attached hydrogens (tertiary/aromatic N) is 1. The van der Waals surface area contributed by atoms with Crippen LogP contribution in [0.25, 0.3) is 0 Å². The number of ether oxygens (including phenoxy) is 1. The lowest BCUT2D eigenvalue weighted by atomic mass is 9.92. The highest BCUT2D eigenvalue weighted by atomic mass is 127. The number of carbonyl (C=O) groups excluding carboxylic acids is 1. The first-order valence-electron chi connectivity index (χ1n) is 7.76. The first-order valence-corrected chi connectivity index (χ1v) is 8.84. The lowest BCUT2D eigenvalue weighted by molar-refractivity contribution is 0.00695. The van der Waals surface area contributed by atoms with Crippen molar-refractivity contribution in [3.63, 3.8) is 0 Å². The fourth-order valence-corrected chi connectivity index (χ4v) is 3.41. The smallest absolute Gasteiger partial charge is 0.410 e. The summed E-state index contributed by atoms with van der Waals surface area (Å²) in [4.78, 5) is 14.3. The van der Waals surface area contributed by atoms with E-state index >= 15 is 0 Å². The van der Waals surface area contributed by atoms with Gasteiger partial charge in [0, 0.05) is 16.2 Å². The van der Waals surface area contributed by atoms with E-state index in [4.69, 9.17) is 10.5 Å². The van der Waals surface area contributed by atoms with Gasteiger partial charge >= 0.3 is 6.09 Å². The van der Waals surface area contributed by atoms with Crippen molar-refractivity contribution in [1.29, 1.82) is 0 Å². The van der Waals surface area contributed by atoms with Crippen molar-refractivity contribution in [3.05, 3.63) is 33.4 Å². The number of piperidine rings is 1. The number of halogens is 1. The lowest BCUT2D eigenvalue weighted by Crippen LogP contribution is -2.56. The average Bonchev–Trinajstić information content (AvgIpc) is 2.39. The van der Waals surface area contributed by atoms with Gasteiger partial charge in [0.25, 0.3) is 0 Å². The van der Waals surface area contributed by atoms with E-state index in [0.717, 1.165) is 25.8 Å². The Morgan fingerprint density at radius 3 is 2.82 bits per heavy atom. The summed E-state index contributed by atoms with van der Waals surface area (Å²) in [7, 11) is 0. The molecule has 1 aliphatic rings. The van der Waals surface area contributed by atoms with E-state index in [1.807, 2.05) is 31.7 Å². The van der Waals surface area contributed by atoms with Gasteiger partial charge in [-0.2, -0.15) is 0 Å². The van der Waals surface area contributed by atoms with Gasteiger partial charge in [0.1, 0.15) is 5.60 Å². The number of hydrogen-bond donors (Lipinski definition) is 1. The fourth-order valence-electron chi connectivity index (χ4n) is 2.80. The SMILES string of the molecule is CC(C)(C)OC(=O)N1CCC[C@@H](N)[C@H]1Cc1cccc(I)c1. The van der Waals surface area contributed by atoms with E-state index in [1.165, 1.54) is 9.13 Å². The zero-order valence-electron chi connectivity index (χ0n) is 13.5. The first kappa shape index (κ1) is 17.5. The topological polar surface area (TPSA) is 55.6 Å². The molecule has 0 aliphatic carbocycles. The Labute approximate surface area is 146 Å². The Morgan fingerprint density at radius 1 is 1.45 bits per heavy atom. The maximum absolute atomic E-state index is 12.5. The second-order valence-corrected chi connectivity index (χ2v) is 8.13. The van der Waals surface area contributed by atoms with Gasteiger partial charge in [-0.05, 0) is 80.3 Å². The molecule has 5 heteroatoms. The van der Waals surface area contributed by atoms with Crippen LogP contribution in [0.1, 0.15) is 39.2 Å². The molecule has 0 bridgehead atoms. The van der Waals surface area contributed by atoms with Crippen molar-refractivity contribution in [2.24, 2.45) is 5.73 Å². The van der Waals surface area contributed by atoms with Crippen LogP contribution < -0.4 is 5.73 Å². The molecule has 1 amide bonds. The van der Waals surface area contributed by atoms with Crippen LogP contribution in [0.5, 0.6) is 0 Å². The van der Waals surface area contributed by atoms with Crippen LogP contribution in [0.3, 0.4) is 0 Å². The van der Waals surface area contributed by atoms with Gasteiger partial charge in [0.15, 0.2) is 0 Å². The Balaban J connectivity index is 2.14. The van der Waals surface area contributed by atoms with Crippen molar-refractivity contribution in [2.45, 2.75) is 57.7 Å². The number of carbonyl (C=O) groups is 1. The minimum atomic E-state index is -0.481. The van der Waals surface area contributed by atoms with Crippen LogP contribution in [0.15, 0.2) is 24.3 Å². The van der Waals surface area contributed by atoms with Crippen LogP contribution in [-0.2, 0) is 11.2 Å². The summed E-state index contributed by atoms with van der Waals surface area (Å²) in [6, 6.07) is 8.35. The Bertz CT molecular complexity index is 528. The average molecular weight is 416 g/mol. The van der Waals surface area contributed by atoms with Gasteiger partial charge in [0.2, 0.25) is 0 Å². The molecule has 2 atom stereocenters. The molecule has 0 radical (unpaired) electrons. The highest BCUT2D eigenvalue weighted by Gasteiger charge is 2.34.